The van der Waals surface area contributed by atoms with Crippen molar-refractivity contribution in [2.24, 2.45) is 7.05 Å². The molecule has 0 aliphatic rings. The van der Waals surface area contributed by atoms with Crippen LogP contribution in [-0.2, 0) is 13.5 Å². The quantitative estimate of drug-likeness (QED) is 0.399. The molecule has 8 heteroatoms. The van der Waals surface area contributed by atoms with Crippen molar-refractivity contribution in [3.63, 3.8) is 0 Å². The fraction of sp³-hybridized carbons (Fsp3) is 0.0833. The van der Waals surface area contributed by atoms with Crippen LogP contribution in [0.4, 0.5) is 5.69 Å². The van der Waals surface area contributed by atoms with Crippen molar-refractivity contribution in [1.29, 1.82) is 0 Å². The van der Waals surface area contributed by atoms with Crippen molar-refractivity contribution in [3.8, 4) is 22.0 Å². The molecule has 5 aromatic rings. The van der Waals surface area contributed by atoms with Crippen LogP contribution in [0.1, 0.15) is 21.9 Å². The van der Waals surface area contributed by atoms with Crippen LogP contribution in [-0.4, -0.2) is 25.8 Å². The summed E-state index contributed by atoms with van der Waals surface area (Å²) in [5.74, 6) is 0.821. The van der Waals surface area contributed by atoms with Crippen LogP contribution in [0.25, 0.3) is 22.0 Å². The second-order valence-corrected chi connectivity index (χ2v) is 8.13. The van der Waals surface area contributed by atoms with E-state index in [2.05, 4.69) is 20.6 Å². The van der Waals surface area contributed by atoms with E-state index in [1.54, 1.807) is 29.1 Å². The smallest absolute Gasteiger partial charge is 0.273 e. The summed E-state index contributed by atoms with van der Waals surface area (Å²) >= 11 is 1.56. The van der Waals surface area contributed by atoms with Gasteiger partial charge in [0.1, 0.15) is 5.69 Å². The predicted octanol–water partition coefficient (Wildman–Crippen LogP) is 5.04. The van der Waals surface area contributed by atoms with Gasteiger partial charge in [-0.05, 0) is 29.1 Å². The summed E-state index contributed by atoms with van der Waals surface area (Å²) in [7, 11) is 1.76. The monoisotopic (exact) mass is 441 g/mol. The Morgan fingerprint density at radius 1 is 1.06 bits per heavy atom. The average Bonchev–Trinajstić information content (AvgIpc) is 3.56. The van der Waals surface area contributed by atoms with Gasteiger partial charge in [0.15, 0.2) is 0 Å². The number of hydrogen-bond acceptors (Lipinski definition) is 6. The molecule has 0 spiro atoms. The minimum atomic E-state index is -0.237. The number of amides is 1. The van der Waals surface area contributed by atoms with E-state index in [9.17, 15) is 4.79 Å². The highest BCUT2D eigenvalue weighted by molar-refractivity contribution is 7.13. The summed E-state index contributed by atoms with van der Waals surface area (Å²) in [5, 5.41) is 13.5. The molecule has 0 atom stereocenters. The van der Waals surface area contributed by atoms with Gasteiger partial charge in [-0.3, -0.25) is 9.48 Å². The first-order chi connectivity index (χ1) is 15.7. The van der Waals surface area contributed by atoms with Gasteiger partial charge in [0, 0.05) is 18.3 Å². The Morgan fingerprint density at radius 2 is 1.88 bits per heavy atom. The zero-order valence-electron chi connectivity index (χ0n) is 17.2. The van der Waals surface area contributed by atoms with Crippen LogP contribution in [0.15, 0.2) is 82.7 Å². The van der Waals surface area contributed by atoms with Gasteiger partial charge in [-0.2, -0.15) is 10.1 Å². The van der Waals surface area contributed by atoms with Crippen molar-refractivity contribution in [1.82, 2.24) is 19.9 Å². The fourth-order valence-electron chi connectivity index (χ4n) is 3.41. The number of carbonyl (C=O) groups is 1. The van der Waals surface area contributed by atoms with Crippen LogP contribution in [0, 0.1) is 0 Å². The van der Waals surface area contributed by atoms with Crippen LogP contribution in [0.2, 0.25) is 0 Å². The molecule has 0 unspecified atom stereocenters. The number of anilines is 1. The van der Waals surface area contributed by atoms with Crippen LogP contribution >= 0.6 is 11.3 Å². The second-order valence-electron chi connectivity index (χ2n) is 7.18. The molecule has 0 bridgehead atoms. The van der Waals surface area contributed by atoms with Crippen molar-refractivity contribution in [2.45, 2.75) is 6.42 Å². The highest BCUT2D eigenvalue weighted by atomic mass is 32.1. The molecule has 7 nitrogen and oxygen atoms in total. The highest BCUT2D eigenvalue weighted by Gasteiger charge is 2.17. The van der Waals surface area contributed by atoms with Gasteiger partial charge in [0.2, 0.25) is 11.7 Å². The summed E-state index contributed by atoms with van der Waals surface area (Å²) in [6.45, 7) is 0. The molecule has 158 valence electrons. The Balaban J connectivity index is 1.36. The summed E-state index contributed by atoms with van der Waals surface area (Å²) in [5.41, 5.74) is 3.75. The predicted molar refractivity (Wildman–Crippen MR) is 123 cm³/mol. The van der Waals surface area contributed by atoms with Gasteiger partial charge in [0.25, 0.3) is 5.91 Å². The number of hydrogen-bond donors (Lipinski definition) is 1. The minimum Gasteiger partial charge on any atom is -0.339 e. The molecule has 1 amide bonds. The molecule has 1 N–H and O–H groups in total. The first-order valence-corrected chi connectivity index (χ1v) is 10.9. The second kappa shape index (κ2) is 8.60. The Labute approximate surface area is 188 Å². The number of aryl methyl sites for hydroxylation is 1. The highest BCUT2D eigenvalue weighted by Crippen LogP contribution is 2.24. The molecule has 32 heavy (non-hydrogen) atoms. The lowest BCUT2D eigenvalue weighted by atomic mass is 10.1. The number of rotatable bonds is 6. The Morgan fingerprint density at radius 3 is 2.69 bits per heavy atom. The van der Waals surface area contributed by atoms with Gasteiger partial charge in [-0.25, -0.2) is 0 Å². The van der Waals surface area contributed by atoms with E-state index in [-0.39, 0.29) is 5.91 Å². The molecule has 0 saturated heterocycles. The maximum atomic E-state index is 13.0. The third kappa shape index (κ3) is 4.08. The normalized spacial score (nSPS) is 10.9. The summed E-state index contributed by atoms with van der Waals surface area (Å²) in [6.07, 6.45) is 0.412. The molecule has 2 aromatic carbocycles. The zero-order chi connectivity index (χ0) is 21.9. The molecule has 3 aromatic heterocycles. The third-order valence-corrected chi connectivity index (χ3v) is 5.86. The number of nitrogens with one attached hydrogen (secondary N) is 1. The molecule has 0 saturated carbocycles. The number of thiophene rings is 1. The van der Waals surface area contributed by atoms with Gasteiger partial charge in [0.05, 0.1) is 17.0 Å². The van der Waals surface area contributed by atoms with E-state index in [1.165, 1.54) is 0 Å². The Hall–Kier alpha value is -4.04. The number of carbonyl (C=O) groups excluding carboxylic acids is 1. The van der Waals surface area contributed by atoms with Crippen molar-refractivity contribution >= 4 is 22.9 Å². The molecule has 3 heterocycles. The van der Waals surface area contributed by atoms with Crippen molar-refractivity contribution < 1.29 is 9.32 Å². The fourth-order valence-corrected chi connectivity index (χ4v) is 4.06. The molecule has 5 rings (SSSR count). The van der Waals surface area contributed by atoms with Crippen molar-refractivity contribution in [3.05, 3.63) is 95.3 Å². The topological polar surface area (TPSA) is 85.8 Å². The molecule has 0 radical (unpaired) electrons. The van der Waals surface area contributed by atoms with Crippen LogP contribution < -0.4 is 5.32 Å². The molecule has 0 fully saturated rings. The van der Waals surface area contributed by atoms with Crippen molar-refractivity contribution in [2.75, 3.05) is 5.32 Å². The largest absolute Gasteiger partial charge is 0.339 e. The molecular weight excluding hydrogens is 422 g/mol. The summed E-state index contributed by atoms with van der Waals surface area (Å²) in [6, 6.07) is 23.0. The first-order valence-electron chi connectivity index (χ1n) is 10.0. The van der Waals surface area contributed by atoms with Gasteiger partial charge < -0.3 is 9.84 Å². The number of benzene rings is 2. The number of aromatic nitrogens is 4. The number of nitrogens with zero attached hydrogens (tertiary/aromatic N) is 4. The Bertz CT molecular complexity index is 1360. The van der Waals surface area contributed by atoms with Gasteiger partial charge in [-0.1, -0.05) is 59.8 Å². The van der Waals surface area contributed by atoms with Crippen LogP contribution in [0.3, 0.4) is 0 Å². The Kier molecular flexibility index (Phi) is 5.35. The molecular formula is C24H19N5O2S. The van der Waals surface area contributed by atoms with E-state index in [4.69, 9.17) is 4.52 Å². The van der Waals surface area contributed by atoms with E-state index in [0.29, 0.717) is 29.5 Å². The minimum absolute atomic E-state index is 0.237. The summed E-state index contributed by atoms with van der Waals surface area (Å²) in [4.78, 5) is 18.5. The molecule has 0 aliphatic heterocycles. The average molecular weight is 442 g/mol. The van der Waals surface area contributed by atoms with E-state index in [0.717, 1.165) is 21.7 Å². The third-order valence-electron chi connectivity index (χ3n) is 5.00. The van der Waals surface area contributed by atoms with E-state index in [1.807, 2.05) is 72.1 Å². The molecule has 0 aliphatic carbocycles. The summed E-state index contributed by atoms with van der Waals surface area (Å²) < 4.78 is 7.02. The van der Waals surface area contributed by atoms with Crippen LogP contribution in [0.5, 0.6) is 0 Å². The lowest BCUT2D eigenvalue weighted by Gasteiger charge is -2.09. The number of para-hydroxylation sites is 1. The lowest BCUT2D eigenvalue weighted by Crippen LogP contribution is -2.17. The van der Waals surface area contributed by atoms with E-state index < -0.39 is 0 Å². The first kappa shape index (κ1) is 19.9. The SMILES string of the molecule is Cn1nc(-c2ccccc2)cc1C(=O)Nc1ccccc1Cc1nc(-c2cccs2)no1. The lowest BCUT2D eigenvalue weighted by molar-refractivity contribution is 0.101. The van der Waals surface area contributed by atoms with E-state index >= 15 is 0 Å². The maximum Gasteiger partial charge on any atom is 0.273 e. The van der Waals surface area contributed by atoms with Gasteiger partial charge >= 0.3 is 0 Å². The van der Waals surface area contributed by atoms with Gasteiger partial charge in [-0.15, -0.1) is 11.3 Å². The maximum absolute atomic E-state index is 13.0. The standard InChI is InChI=1S/C24H19N5O2S/c1-29-20(15-19(27-29)16-8-3-2-4-9-16)24(30)25-18-11-6-5-10-17(18)14-22-26-23(28-31-22)21-12-7-13-32-21/h2-13,15H,14H2,1H3,(H,25,30). The zero-order valence-corrected chi connectivity index (χ0v) is 18.0.